The lowest BCUT2D eigenvalue weighted by Gasteiger charge is -2.30. The van der Waals surface area contributed by atoms with Crippen molar-refractivity contribution in [2.75, 3.05) is 23.3 Å². The number of rotatable bonds is 6. The number of nitrogens with two attached hydrogens (primary N) is 1. The van der Waals surface area contributed by atoms with Gasteiger partial charge in [-0.15, -0.1) is 0 Å². The van der Waals surface area contributed by atoms with Crippen LogP contribution in [0.4, 0.5) is 11.9 Å². The van der Waals surface area contributed by atoms with E-state index in [9.17, 15) is 0 Å². The number of nitrogens with one attached hydrogen (secondary N) is 2. The zero-order valence-electron chi connectivity index (χ0n) is 21.1. The molecule has 0 unspecified atom stereocenters. The molecule has 6 rings (SSSR count). The van der Waals surface area contributed by atoms with Gasteiger partial charge in [-0.3, -0.25) is 0 Å². The molecule has 37 heavy (non-hydrogen) atoms. The van der Waals surface area contributed by atoms with E-state index >= 15 is 0 Å². The quantitative estimate of drug-likeness (QED) is 0.273. The van der Waals surface area contributed by atoms with Gasteiger partial charge < -0.3 is 20.9 Å². The molecule has 1 fully saturated rings. The minimum Gasteiger partial charge on any atom is -0.353 e. The van der Waals surface area contributed by atoms with E-state index in [4.69, 9.17) is 27.3 Å². The molecular formula is C28H31ClN8. The van der Waals surface area contributed by atoms with E-state index < -0.39 is 0 Å². The van der Waals surface area contributed by atoms with Crippen molar-refractivity contribution in [1.29, 1.82) is 0 Å². The number of piperidine rings is 1. The number of aromatic amines is 1. The number of hydrogen-bond acceptors (Lipinski definition) is 6. The first kappa shape index (κ1) is 23.8. The summed E-state index contributed by atoms with van der Waals surface area (Å²) in [5.74, 6) is 1.68. The van der Waals surface area contributed by atoms with Crippen molar-refractivity contribution >= 4 is 40.0 Å². The van der Waals surface area contributed by atoms with Crippen LogP contribution in [0.5, 0.6) is 0 Å². The fraction of sp³-hybridized carbons (Fsp3) is 0.321. The van der Waals surface area contributed by atoms with Gasteiger partial charge >= 0.3 is 0 Å². The maximum absolute atomic E-state index is 6.81. The topological polar surface area (TPSA) is 100 Å². The third-order valence-electron chi connectivity index (χ3n) is 7.19. The molecule has 0 saturated carbocycles. The van der Waals surface area contributed by atoms with Crippen molar-refractivity contribution < 1.29 is 0 Å². The second kappa shape index (κ2) is 9.68. The number of nitrogens with zero attached hydrogens (tertiary/aromatic N) is 5. The normalized spacial score (nSPS) is 14.8. The van der Waals surface area contributed by atoms with Crippen LogP contribution in [0.15, 0.2) is 54.7 Å². The number of anilines is 2. The molecule has 1 aliphatic rings. The predicted octanol–water partition coefficient (Wildman–Crippen LogP) is 5.59. The highest BCUT2D eigenvalue weighted by atomic mass is 35.5. The Balaban J connectivity index is 1.36. The highest BCUT2D eigenvalue weighted by molar-refractivity contribution is 6.38. The molecule has 8 nitrogen and oxygen atoms in total. The Kier molecular flexibility index (Phi) is 6.22. The lowest BCUT2D eigenvalue weighted by Crippen LogP contribution is -2.40. The van der Waals surface area contributed by atoms with E-state index in [1.54, 1.807) is 0 Å². The molecule has 3 aromatic heterocycles. The van der Waals surface area contributed by atoms with Crippen LogP contribution >= 0.6 is 11.6 Å². The smallest absolute Gasteiger partial charge is 0.230 e. The Morgan fingerprint density at radius 2 is 1.84 bits per heavy atom. The van der Waals surface area contributed by atoms with Gasteiger partial charge in [-0.1, -0.05) is 67.9 Å². The molecular weight excluding hydrogens is 484 g/mol. The summed E-state index contributed by atoms with van der Waals surface area (Å²) in [6, 6.07) is 16.6. The van der Waals surface area contributed by atoms with Gasteiger partial charge in [0.2, 0.25) is 11.9 Å². The van der Waals surface area contributed by atoms with E-state index in [1.165, 1.54) is 0 Å². The fourth-order valence-electron chi connectivity index (χ4n) is 5.03. The highest BCUT2D eigenvalue weighted by Crippen LogP contribution is 2.36. The van der Waals surface area contributed by atoms with E-state index in [1.807, 2.05) is 47.1 Å². The fourth-order valence-corrected chi connectivity index (χ4v) is 5.35. The van der Waals surface area contributed by atoms with Crippen molar-refractivity contribution in [3.05, 3.63) is 70.9 Å². The summed E-state index contributed by atoms with van der Waals surface area (Å²) < 4.78 is 1.81. The molecule has 4 N–H and O–H groups in total. The lowest BCUT2D eigenvalue weighted by molar-refractivity contribution is 0.495. The van der Waals surface area contributed by atoms with Gasteiger partial charge in [0.05, 0.1) is 16.9 Å². The molecule has 1 aliphatic heterocycles. The number of aromatic nitrogens is 5. The maximum Gasteiger partial charge on any atom is 0.230 e. The number of H-pyrrole nitrogens is 1. The molecule has 0 amide bonds. The van der Waals surface area contributed by atoms with Gasteiger partial charge in [0.25, 0.3) is 0 Å². The average Bonchev–Trinajstić information content (AvgIpc) is 3.49. The Morgan fingerprint density at radius 3 is 2.62 bits per heavy atom. The van der Waals surface area contributed by atoms with Crippen molar-refractivity contribution in [1.82, 2.24) is 24.6 Å². The molecule has 0 radical (unpaired) electrons. The van der Waals surface area contributed by atoms with Crippen LogP contribution in [0.1, 0.15) is 43.7 Å². The van der Waals surface area contributed by atoms with Crippen LogP contribution in [0.3, 0.4) is 0 Å². The molecule has 0 bridgehead atoms. The SMILES string of the molecule is CC(C)c1cnn2c(NCc3ccccc3-c3[nH]c4ccccc4c3Cl)nc(N3CCC(N)CC3)nc12. The van der Waals surface area contributed by atoms with Gasteiger partial charge in [-0.05, 0) is 30.4 Å². The van der Waals surface area contributed by atoms with Crippen LogP contribution in [0.2, 0.25) is 5.02 Å². The third-order valence-corrected chi connectivity index (χ3v) is 7.59. The first-order valence-corrected chi connectivity index (χ1v) is 13.2. The van der Waals surface area contributed by atoms with E-state index in [-0.39, 0.29) is 6.04 Å². The Bertz CT molecular complexity index is 1560. The van der Waals surface area contributed by atoms with Crippen molar-refractivity contribution in [2.24, 2.45) is 5.73 Å². The van der Waals surface area contributed by atoms with E-state index in [0.29, 0.717) is 18.4 Å². The lowest BCUT2D eigenvalue weighted by atomic mass is 10.0. The molecule has 0 spiro atoms. The Morgan fingerprint density at radius 1 is 1.08 bits per heavy atom. The predicted molar refractivity (Wildman–Crippen MR) is 150 cm³/mol. The summed E-state index contributed by atoms with van der Waals surface area (Å²) in [5.41, 5.74) is 12.2. The van der Waals surface area contributed by atoms with Crippen LogP contribution in [-0.2, 0) is 6.54 Å². The molecule has 0 atom stereocenters. The summed E-state index contributed by atoms with van der Waals surface area (Å²) in [6.45, 7) is 6.57. The first-order chi connectivity index (χ1) is 18.0. The highest BCUT2D eigenvalue weighted by Gasteiger charge is 2.22. The largest absolute Gasteiger partial charge is 0.353 e. The van der Waals surface area contributed by atoms with Gasteiger partial charge in [0.15, 0.2) is 5.65 Å². The molecule has 0 aliphatic carbocycles. The zero-order chi connectivity index (χ0) is 25.5. The van der Waals surface area contributed by atoms with Crippen LogP contribution < -0.4 is 16.0 Å². The van der Waals surface area contributed by atoms with Gasteiger partial charge in [-0.2, -0.15) is 19.6 Å². The van der Waals surface area contributed by atoms with Gasteiger partial charge in [0.1, 0.15) is 0 Å². The number of fused-ring (bicyclic) bond motifs is 2. The van der Waals surface area contributed by atoms with Crippen LogP contribution in [-0.4, -0.2) is 43.7 Å². The summed E-state index contributed by atoms with van der Waals surface area (Å²) in [6.07, 6.45) is 3.77. The summed E-state index contributed by atoms with van der Waals surface area (Å²) in [7, 11) is 0. The van der Waals surface area contributed by atoms with E-state index in [2.05, 4.69) is 46.3 Å². The van der Waals surface area contributed by atoms with Crippen LogP contribution in [0, 0.1) is 0 Å². The monoisotopic (exact) mass is 514 g/mol. The minimum atomic E-state index is 0.242. The average molecular weight is 515 g/mol. The molecule has 190 valence electrons. The molecule has 2 aromatic carbocycles. The number of benzene rings is 2. The van der Waals surface area contributed by atoms with Crippen LogP contribution in [0.25, 0.3) is 27.8 Å². The first-order valence-electron chi connectivity index (χ1n) is 12.8. The van der Waals surface area contributed by atoms with Crippen molar-refractivity contribution in [2.45, 2.75) is 45.2 Å². The molecule has 5 aromatic rings. The summed E-state index contributed by atoms with van der Waals surface area (Å²) in [4.78, 5) is 15.6. The number of para-hydroxylation sites is 1. The zero-order valence-corrected chi connectivity index (χ0v) is 21.8. The van der Waals surface area contributed by atoms with Crippen molar-refractivity contribution in [3.8, 4) is 11.3 Å². The van der Waals surface area contributed by atoms with E-state index in [0.717, 1.165) is 75.8 Å². The number of hydrogen-bond donors (Lipinski definition) is 3. The van der Waals surface area contributed by atoms with Gasteiger partial charge in [0, 0.05) is 47.7 Å². The molecule has 4 heterocycles. The Labute approximate surface area is 220 Å². The summed E-state index contributed by atoms with van der Waals surface area (Å²) >= 11 is 6.81. The second-order valence-electron chi connectivity index (χ2n) is 10.0. The Hall–Kier alpha value is -3.62. The third kappa shape index (κ3) is 4.40. The van der Waals surface area contributed by atoms with Crippen molar-refractivity contribution in [3.63, 3.8) is 0 Å². The maximum atomic E-state index is 6.81. The molecule has 9 heteroatoms. The molecule has 1 saturated heterocycles. The van der Waals surface area contributed by atoms with Gasteiger partial charge in [-0.25, -0.2) is 0 Å². The minimum absolute atomic E-state index is 0.242. The summed E-state index contributed by atoms with van der Waals surface area (Å²) in [5, 5.41) is 9.93. The second-order valence-corrected chi connectivity index (χ2v) is 10.4. The number of halogens is 1. The standard InChI is InChI=1S/C28H31ClN8/c1-17(2)22-16-32-37-26(22)34-28(36-13-11-19(30)12-14-36)35-27(37)31-15-18-7-3-4-8-20(18)25-24(29)21-9-5-6-10-23(21)33-25/h3-10,16-17,19,33H,11-15,30H2,1-2H3,(H,31,34,35).